The number of aromatic amines is 1. The molecule has 1 heterocycles. The van der Waals surface area contributed by atoms with Crippen LogP contribution in [0.25, 0.3) is 11.0 Å². The van der Waals surface area contributed by atoms with Gasteiger partial charge in [-0.05, 0) is 31.0 Å². The maximum atomic E-state index is 12.5. The predicted octanol–water partition coefficient (Wildman–Crippen LogP) is 1.27. The summed E-state index contributed by atoms with van der Waals surface area (Å²) < 4.78 is 36.3. The van der Waals surface area contributed by atoms with E-state index in [4.69, 9.17) is 4.74 Å². The van der Waals surface area contributed by atoms with E-state index >= 15 is 0 Å². The summed E-state index contributed by atoms with van der Waals surface area (Å²) in [6.45, 7) is 0.168. The SMILES string of the molecule is COCC1(S(=O)(=O)Nc2ccc3nc(C(=O)OC)[nH]c3c2)CC1. The van der Waals surface area contributed by atoms with Gasteiger partial charge in [0.15, 0.2) is 0 Å². The minimum Gasteiger partial charge on any atom is -0.463 e. The Hall–Kier alpha value is -2.13. The van der Waals surface area contributed by atoms with Crippen LogP contribution in [-0.2, 0) is 19.5 Å². The summed E-state index contributed by atoms with van der Waals surface area (Å²) in [6, 6.07) is 4.83. The highest BCUT2D eigenvalue weighted by molar-refractivity contribution is 7.94. The molecule has 0 unspecified atom stereocenters. The lowest BCUT2D eigenvalue weighted by molar-refractivity contribution is 0.0588. The number of hydrogen-bond acceptors (Lipinski definition) is 6. The topological polar surface area (TPSA) is 110 Å². The van der Waals surface area contributed by atoms with Crippen molar-refractivity contribution in [2.75, 3.05) is 25.5 Å². The van der Waals surface area contributed by atoms with Gasteiger partial charge in [-0.15, -0.1) is 0 Å². The fraction of sp³-hybridized carbons (Fsp3) is 0.429. The third-order valence-corrected chi connectivity index (χ3v) is 6.07. The van der Waals surface area contributed by atoms with E-state index in [0.717, 1.165) is 0 Å². The average molecular weight is 339 g/mol. The molecule has 23 heavy (non-hydrogen) atoms. The van der Waals surface area contributed by atoms with E-state index in [-0.39, 0.29) is 12.4 Å². The number of anilines is 1. The Morgan fingerprint density at radius 1 is 1.39 bits per heavy atom. The average Bonchev–Trinajstić information content (AvgIpc) is 3.19. The number of rotatable bonds is 6. The highest BCUT2D eigenvalue weighted by atomic mass is 32.2. The first-order valence-corrected chi connectivity index (χ1v) is 8.48. The number of H-pyrrole nitrogens is 1. The second-order valence-corrected chi connectivity index (χ2v) is 7.61. The van der Waals surface area contributed by atoms with E-state index in [2.05, 4.69) is 19.4 Å². The molecule has 0 atom stereocenters. The van der Waals surface area contributed by atoms with Crippen molar-refractivity contribution in [3.8, 4) is 0 Å². The van der Waals surface area contributed by atoms with Gasteiger partial charge in [0.2, 0.25) is 15.8 Å². The minimum absolute atomic E-state index is 0.0700. The summed E-state index contributed by atoms with van der Waals surface area (Å²) >= 11 is 0. The van der Waals surface area contributed by atoms with Crippen molar-refractivity contribution in [1.82, 2.24) is 9.97 Å². The molecule has 1 aromatic carbocycles. The summed E-state index contributed by atoms with van der Waals surface area (Å²) in [6.07, 6.45) is 1.16. The van der Waals surface area contributed by atoms with Gasteiger partial charge in [-0.2, -0.15) is 0 Å². The van der Waals surface area contributed by atoms with Crippen molar-refractivity contribution in [3.63, 3.8) is 0 Å². The van der Waals surface area contributed by atoms with Crippen molar-refractivity contribution in [2.24, 2.45) is 0 Å². The highest BCUT2D eigenvalue weighted by Gasteiger charge is 2.54. The number of fused-ring (bicyclic) bond motifs is 1. The fourth-order valence-corrected chi connectivity index (χ4v) is 3.99. The third-order valence-electron chi connectivity index (χ3n) is 3.90. The predicted molar refractivity (Wildman–Crippen MR) is 83.8 cm³/mol. The Labute approximate surface area is 133 Å². The normalized spacial score (nSPS) is 16.3. The van der Waals surface area contributed by atoms with Crippen LogP contribution < -0.4 is 4.72 Å². The summed E-state index contributed by atoms with van der Waals surface area (Å²) in [5.74, 6) is -0.513. The first-order chi connectivity index (χ1) is 10.9. The van der Waals surface area contributed by atoms with Crippen molar-refractivity contribution in [2.45, 2.75) is 17.6 Å². The van der Waals surface area contributed by atoms with E-state index in [0.29, 0.717) is 29.6 Å². The molecule has 1 aliphatic carbocycles. The number of carbonyl (C=O) groups is 1. The van der Waals surface area contributed by atoms with E-state index in [1.165, 1.54) is 14.2 Å². The number of sulfonamides is 1. The number of imidazole rings is 1. The van der Waals surface area contributed by atoms with Crippen molar-refractivity contribution in [3.05, 3.63) is 24.0 Å². The third kappa shape index (κ3) is 2.77. The monoisotopic (exact) mass is 339 g/mol. The van der Waals surface area contributed by atoms with Crippen LogP contribution in [0.1, 0.15) is 23.5 Å². The lowest BCUT2D eigenvalue weighted by Crippen LogP contribution is -2.33. The van der Waals surface area contributed by atoms with Crippen LogP contribution in [0.15, 0.2) is 18.2 Å². The zero-order chi connectivity index (χ0) is 16.7. The van der Waals surface area contributed by atoms with Crippen molar-refractivity contribution in [1.29, 1.82) is 0 Å². The van der Waals surface area contributed by atoms with Gasteiger partial charge >= 0.3 is 5.97 Å². The standard InChI is InChI=1S/C14H17N3O5S/c1-21-8-14(5-6-14)23(19,20)17-9-3-4-10-11(7-9)16-12(15-10)13(18)22-2/h3-4,7,17H,5-6,8H2,1-2H3,(H,15,16). The summed E-state index contributed by atoms with van der Waals surface area (Å²) in [5, 5.41) is 0. The maximum Gasteiger partial charge on any atom is 0.374 e. The molecule has 0 bridgehead atoms. The number of nitrogens with one attached hydrogen (secondary N) is 2. The second kappa shape index (κ2) is 5.50. The van der Waals surface area contributed by atoms with Gasteiger partial charge in [-0.3, -0.25) is 4.72 Å². The van der Waals surface area contributed by atoms with Gasteiger partial charge in [-0.25, -0.2) is 18.2 Å². The number of benzene rings is 1. The Kier molecular flexibility index (Phi) is 3.77. The minimum atomic E-state index is -3.55. The summed E-state index contributed by atoms with van der Waals surface area (Å²) in [5.41, 5.74) is 1.49. The van der Waals surface area contributed by atoms with Crippen LogP contribution in [0.3, 0.4) is 0 Å². The van der Waals surface area contributed by atoms with E-state index in [1.54, 1.807) is 18.2 Å². The Bertz CT molecular complexity index is 854. The van der Waals surface area contributed by atoms with Crippen molar-refractivity contribution < 1.29 is 22.7 Å². The largest absolute Gasteiger partial charge is 0.463 e. The van der Waals surface area contributed by atoms with Crippen molar-refractivity contribution >= 4 is 32.7 Å². The smallest absolute Gasteiger partial charge is 0.374 e. The zero-order valence-electron chi connectivity index (χ0n) is 12.8. The molecule has 8 nitrogen and oxygen atoms in total. The van der Waals surface area contributed by atoms with Gasteiger partial charge in [0.05, 0.1) is 30.4 Å². The molecule has 1 aliphatic rings. The molecule has 1 fully saturated rings. The van der Waals surface area contributed by atoms with E-state index in [1.807, 2.05) is 0 Å². The van der Waals surface area contributed by atoms with Crippen LogP contribution in [0, 0.1) is 0 Å². The van der Waals surface area contributed by atoms with E-state index < -0.39 is 20.7 Å². The number of nitrogens with zero attached hydrogens (tertiary/aromatic N) is 1. The Balaban J connectivity index is 1.88. The molecule has 2 N–H and O–H groups in total. The number of ether oxygens (including phenoxy) is 2. The van der Waals surface area contributed by atoms with E-state index in [9.17, 15) is 13.2 Å². The number of esters is 1. The number of carbonyl (C=O) groups excluding carboxylic acids is 1. The molecule has 0 spiro atoms. The molecule has 0 saturated heterocycles. The zero-order valence-corrected chi connectivity index (χ0v) is 13.6. The second-order valence-electron chi connectivity index (χ2n) is 5.53. The molecule has 0 radical (unpaired) electrons. The number of hydrogen-bond donors (Lipinski definition) is 2. The van der Waals surface area contributed by atoms with Gasteiger partial charge < -0.3 is 14.5 Å². The quantitative estimate of drug-likeness (QED) is 0.767. The summed E-state index contributed by atoms with van der Waals surface area (Å²) in [4.78, 5) is 18.4. The van der Waals surface area contributed by atoms with Crippen LogP contribution in [-0.4, -0.2) is 49.9 Å². The molecule has 124 valence electrons. The lowest BCUT2D eigenvalue weighted by Gasteiger charge is -2.16. The molecular formula is C14H17N3O5S. The Morgan fingerprint density at radius 2 is 2.13 bits per heavy atom. The first-order valence-electron chi connectivity index (χ1n) is 7.00. The lowest BCUT2D eigenvalue weighted by atomic mass is 10.3. The highest BCUT2D eigenvalue weighted by Crippen LogP contribution is 2.44. The maximum absolute atomic E-state index is 12.5. The van der Waals surface area contributed by atoms with Crippen LogP contribution in [0.5, 0.6) is 0 Å². The van der Waals surface area contributed by atoms with Gasteiger partial charge in [0, 0.05) is 7.11 Å². The first kappa shape index (κ1) is 15.8. The number of methoxy groups -OCH3 is 2. The molecule has 3 rings (SSSR count). The molecule has 9 heteroatoms. The van der Waals surface area contributed by atoms with Gasteiger partial charge in [0.25, 0.3) is 0 Å². The molecule has 1 saturated carbocycles. The fourth-order valence-electron chi connectivity index (χ4n) is 2.42. The molecule has 1 aromatic heterocycles. The molecule has 0 aliphatic heterocycles. The van der Waals surface area contributed by atoms with Gasteiger partial charge in [0.1, 0.15) is 4.75 Å². The number of aromatic nitrogens is 2. The molecule has 0 amide bonds. The molecular weight excluding hydrogens is 322 g/mol. The Morgan fingerprint density at radius 3 is 2.74 bits per heavy atom. The van der Waals surface area contributed by atoms with Crippen LogP contribution in [0.4, 0.5) is 5.69 Å². The van der Waals surface area contributed by atoms with Gasteiger partial charge in [-0.1, -0.05) is 0 Å². The summed E-state index contributed by atoms with van der Waals surface area (Å²) in [7, 11) is -0.797. The van der Waals surface area contributed by atoms with Crippen LogP contribution >= 0.6 is 0 Å². The molecule has 2 aromatic rings. The van der Waals surface area contributed by atoms with Crippen LogP contribution in [0.2, 0.25) is 0 Å².